The first-order chi connectivity index (χ1) is 16.5. The number of nitrogens with zero attached hydrogens (tertiary/aromatic N) is 6. The van der Waals surface area contributed by atoms with Gasteiger partial charge in [0, 0.05) is 31.4 Å². The molecule has 2 N–H and O–H groups in total. The Kier molecular flexibility index (Phi) is 5.78. The fourth-order valence-electron chi connectivity index (χ4n) is 4.59. The Bertz CT molecular complexity index is 1420. The highest BCUT2D eigenvalue weighted by Crippen LogP contribution is 2.43. The molecule has 2 aliphatic rings. The van der Waals surface area contributed by atoms with E-state index in [2.05, 4.69) is 36.2 Å². The molecule has 0 radical (unpaired) electrons. The van der Waals surface area contributed by atoms with Gasteiger partial charge >= 0.3 is 0 Å². The van der Waals surface area contributed by atoms with E-state index in [-0.39, 0.29) is 33.7 Å². The molecular formula is C21H24F2N8O2S2. The molecule has 10 nitrogen and oxygen atoms in total. The van der Waals surface area contributed by atoms with Gasteiger partial charge in [-0.1, -0.05) is 18.3 Å². The maximum atomic E-state index is 13.4. The zero-order valence-electron chi connectivity index (χ0n) is 19.2. The van der Waals surface area contributed by atoms with Crippen molar-refractivity contribution in [2.75, 3.05) is 18.0 Å². The van der Waals surface area contributed by atoms with E-state index in [1.54, 1.807) is 16.7 Å². The Hall–Kier alpha value is -2.73. The molecular weight excluding hydrogens is 498 g/mol. The minimum Gasteiger partial charge on any atom is -0.367 e. The minimum absolute atomic E-state index is 0.0505. The van der Waals surface area contributed by atoms with Gasteiger partial charge in [-0.25, -0.2) is 22.2 Å². The van der Waals surface area contributed by atoms with Crippen LogP contribution in [0.25, 0.3) is 16.3 Å². The van der Waals surface area contributed by atoms with E-state index in [9.17, 15) is 22.5 Å². The first kappa shape index (κ1) is 24.0. The third kappa shape index (κ3) is 4.26. The summed E-state index contributed by atoms with van der Waals surface area (Å²) in [6, 6.07) is 3.98. The minimum atomic E-state index is -4.08. The zero-order valence-corrected chi connectivity index (χ0v) is 20.9. The van der Waals surface area contributed by atoms with E-state index in [0.29, 0.717) is 42.1 Å². The number of nitrogens with one attached hydrogen (secondary N) is 2. The highest BCUT2D eigenvalue weighted by atomic mass is 32.2. The summed E-state index contributed by atoms with van der Waals surface area (Å²) in [6.45, 7) is 7.16. The summed E-state index contributed by atoms with van der Waals surface area (Å²) in [4.78, 5) is 6.42. The number of rotatable bonds is 6. The lowest BCUT2D eigenvalue weighted by atomic mass is 10.1. The van der Waals surface area contributed by atoms with Crippen LogP contribution in [-0.4, -0.2) is 58.7 Å². The molecule has 3 aromatic rings. The van der Waals surface area contributed by atoms with Crippen LogP contribution in [0.1, 0.15) is 38.6 Å². The molecule has 0 amide bonds. The fraction of sp³-hybridized carbons (Fsp3) is 0.524. The number of pyridine rings is 1. The lowest BCUT2D eigenvalue weighted by Crippen LogP contribution is -2.54. The van der Waals surface area contributed by atoms with Crippen LogP contribution < -0.4 is 14.9 Å². The number of halogens is 2. The number of fused-ring (bicyclic) bond motifs is 1. The largest absolute Gasteiger partial charge is 0.367 e. The predicted octanol–water partition coefficient (Wildman–Crippen LogP) is 2.56. The highest BCUT2D eigenvalue weighted by Gasteiger charge is 2.54. The van der Waals surface area contributed by atoms with Crippen LogP contribution in [0, 0.1) is 17.2 Å². The fourth-order valence-corrected chi connectivity index (χ4v) is 6.72. The third-order valence-electron chi connectivity index (χ3n) is 6.45. The van der Waals surface area contributed by atoms with Gasteiger partial charge in [0.25, 0.3) is 6.43 Å². The van der Waals surface area contributed by atoms with Crippen molar-refractivity contribution in [2.45, 2.75) is 56.1 Å². The Balaban J connectivity index is 1.66. The molecule has 3 aromatic heterocycles. The molecule has 1 saturated heterocycles. The molecule has 1 saturated carbocycles. The average Bonchev–Trinajstić information content (AvgIpc) is 3.15. The molecule has 2 unspecified atom stereocenters. The number of imidazole rings is 1. The average molecular weight is 523 g/mol. The second-order valence-electron chi connectivity index (χ2n) is 9.31. The van der Waals surface area contributed by atoms with Crippen LogP contribution in [0.4, 0.5) is 14.5 Å². The number of hydrogen-bond acceptors (Lipinski definition) is 9. The van der Waals surface area contributed by atoms with Crippen LogP contribution in [0.2, 0.25) is 0 Å². The summed E-state index contributed by atoms with van der Waals surface area (Å²) >= 11 is 0.706. The van der Waals surface area contributed by atoms with E-state index in [4.69, 9.17) is 0 Å². The van der Waals surface area contributed by atoms with E-state index >= 15 is 0 Å². The van der Waals surface area contributed by atoms with Crippen LogP contribution in [-0.2, 0) is 10.0 Å². The number of sulfonamides is 1. The smallest absolute Gasteiger partial charge is 0.291 e. The van der Waals surface area contributed by atoms with Gasteiger partial charge in [0.05, 0.1) is 23.5 Å². The van der Waals surface area contributed by atoms with Gasteiger partial charge in [0.15, 0.2) is 15.8 Å². The Morgan fingerprint density at radius 1 is 1.29 bits per heavy atom. The maximum Gasteiger partial charge on any atom is 0.291 e. The number of aromatic nitrogens is 4. The number of anilines is 1. The lowest BCUT2D eigenvalue weighted by Gasteiger charge is -2.38. The van der Waals surface area contributed by atoms with Crippen molar-refractivity contribution in [3.05, 3.63) is 23.5 Å². The molecule has 0 bridgehead atoms. The third-order valence-corrected chi connectivity index (χ3v) is 8.85. The van der Waals surface area contributed by atoms with E-state index in [0.717, 1.165) is 0 Å². The van der Waals surface area contributed by atoms with Gasteiger partial charge in [0.1, 0.15) is 10.4 Å². The first-order valence-electron chi connectivity index (χ1n) is 11.1. The van der Waals surface area contributed by atoms with E-state index < -0.39 is 27.0 Å². The molecule has 0 spiro atoms. The second kappa shape index (κ2) is 8.44. The summed E-state index contributed by atoms with van der Waals surface area (Å²) in [6.07, 6.45) is 0.631. The predicted molar refractivity (Wildman–Crippen MR) is 126 cm³/mol. The van der Waals surface area contributed by atoms with Crippen LogP contribution in [0.3, 0.4) is 0 Å². The van der Waals surface area contributed by atoms with Gasteiger partial charge in [-0.2, -0.15) is 9.98 Å². The number of alkyl halides is 2. The summed E-state index contributed by atoms with van der Waals surface area (Å²) in [5.41, 5.74) is 0.124. The Morgan fingerprint density at radius 2 is 1.97 bits per heavy atom. The van der Waals surface area contributed by atoms with Gasteiger partial charge in [-0.05, 0) is 32.3 Å². The molecule has 1 aliphatic carbocycles. The summed E-state index contributed by atoms with van der Waals surface area (Å²) in [5, 5.41) is 20.1. The number of piperazine rings is 1. The topological polar surface area (TPSA) is 128 Å². The van der Waals surface area contributed by atoms with Crippen molar-refractivity contribution < 1.29 is 17.2 Å². The molecule has 186 valence electrons. The Labute approximate surface area is 205 Å². The standard InChI is InChI=1S/C21H24F2N8O2S2/c1-11-5-21(11,10-24)29-35(32,33)14-4-15(30-7-12(2)26-13(3)8-30)16-6-25-18(31(16)9-14)20-28-27-19(34-20)17(22)23/h4,6,9,11-13,17,26,29H,5,7-8H2,1-3H3/t11?,12-,13-,21?/m0/s1. The highest BCUT2D eigenvalue weighted by molar-refractivity contribution is 7.89. The quantitative estimate of drug-likeness (QED) is 0.506. The lowest BCUT2D eigenvalue weighted by molar-refractivity contribution is 0.150. The maximum absolute atomic E-state index is 13.4. The number of hydrogen-bond donors (Lipinski definition) is 2. The summed E-state index contributed by atoms with van der Waals surface area (Å²) < 4.78 is 57.2. The van der Waals surface area contributed by atoms with Crippen molar-refractivity contribution in [3.8, 4) is 16.9 Å². The van der Waals surface area contributed by atoms with Gasteiger partial charge in [-0.15, -0.1) is 10.2 Å². The molecule has 0 aromatic carbocycles. The Morgan fingerprint density at radius 3 is 2.54 bits per heavy atom. The second-order valence-corrected chi connectivity index (χ2v) is 12.0. The number of nitriles is 1. The SMILES string of the molecule is CC1CC1(C#N)NS(=O)(=O)c1cc(N2C[C@H](C)N[C@@H](C)C2)c2cnc(-c3nnc(C(F)F)s3)n2c1. The van der Waals surface area contributed by atoms with Gasteiger partial charge < -0.3 is 10.2 Å². The van der Waals surface area contributed by atoms with Crippen molar-refractivity contribution >= 4 is 32.6 Å². The molecule has 4 heterocycles. The van der Waals surface area contributed by atoms with Crippen molar-refractivity contribution in [2.24, 2.45) is 5.92 Å². The first-order valence-corrected chi connectivity index (χ1v) is 13.4. The van der Waals surface area contributed by atoms with Gasteiger partial charge in [0.2, 0.25) is 10.0 Å². The normalized spacial score (nSPS) is 26.9. The van der Waals surface area contributed by atoms with Crippen molar-refractivity contribution in [1.29, 1.82) is 5.26 Å². The van der Waals surface area contributed by atoms with Crippen LogP contribution >= 0.6 is 11.3 Å². The van der Waals surface area contributed by atoms with Gasteiger partial charge in [-0.3, -0.25) is 4.40 Å². The van der Waals surface area contributed by atoms with Crippen LogP contribution in [0.15, 0.2) is 23.4 Å². The molecule has 1 aliphatic heterocycles. The summed E-state index contributed by atoms with van der Waals surface area (Å²) in [5.74, 6) is 0.118. The molecule has 35 heavy (non-hydrogen) atoms. The molecule has 5 rings (SSSR count). The monoisotopic (exact) mass is 522 g/mol. The van der Waals surface area contributed by atoms with E-state index in [1.807, 2.05) is 20.8 Å². The van der Waals surface area contributed by atoms with Crippen molar-refractivity contribution in [3.63, 3.8) is 0 Å². The van der Waals surface area contributed by atoms with Crippen molar-refractivity contribution in [1.82, 2.24) is 29.6 Å². The summed E-state index contributed by atoms with van der Waals surface area (Å²) in [7, 11) is -4.08. The molecule has 2 fully saturated rings. The molecule has 14 heteroatoms. The van der Waals surface area contributed by atoms with Crippen LogP contribution in [0.5, 0.6) is 0 Å². The molecule has 4 atom stereocenters. The van der Waals surface area contributed by atoms with E-state index in [1.165, 1.54) is 6.20 Å². The zero-order chi connectivity index (χ0) is 25.1.